The monoisotopic (exact) mass is 358 g/mol. The Morgan fingerprint density at radius 2 is 1.92 bits per heavy atom. The molecule has 2 aromatic rings. The van der Waals surface area contributed by atoms with E-state index < -0.39 is 17.8 Å². The summed E-state index contributed by atoms with van der Waals surface area (Å²) in [6.07, 6.45) is 2.58. The van der Waals surface area contributed by atoms with Gasteiger partial charge < -0.3 is 24.9 Å². The molecule has 0 spiro atoms. The van der Waals surface area contributed by atoms with E-state index in [1.165, 1.54) is 25.5 Å². The summed E-state index contributed by atoms with van der Waals surface area (Å²) in [4.78, 5) is 35.0. The molecule has 0 saturated heterocycles. The molecule has 26 heavy (non-hydrogen) atoms. The van der Waals surface area contributed by atoms with E-state index in [0.717, 1.165) is 0 Å². The van der Waals surface area contributed by atoms with Crippen LogP contribution in [0.2, 0.25) is 0 Å². The van der Waals surface area contributed by atoms with Crippen LogP contribution >= 0.6 is 0 Å². The molecule has 0 aliphatic heterocycles. The lowest BCUT2D eigenvalue weighted by molar-refractivity contribution is -0.136. The number of carboxylic acid groups (broad SMARTS) is 1. The first-order chi connectivity index (χ1) is 12.5. The third-order valence-electron chi connectivity index (χ3n) is 3.29. The fraction of sp³-hybridized carbons (Fsp3) is 0.167. The normalized spacial score (nSPS) is 10.9. The summed E-state index contributed by atoms with van der Waals surface area (Å²) < 4.78 is 10.1. The molecule has 8 nitrogen and oxygen atoms in total. The smallest absolute Gasteiger partial charge is 0.305 e. The number of rotatable bonds is 8. The van der Waals surface area contributed by atoms with Gasteiger partial charge in [0, 0.05) is 6.54 Å². The first kappa shape index (κ1) is 18.8. The van der Waals surface area contributed by atoms with Crippen LogP contribution in [0.4, 0.5) is 0 Å². The maximum atomic E-state index is 12.3. The van der Waals surface area contributed by atoms with Gasteiger partial charge in [-0.25, -0.2) is 0 Å². The molecule has 3 N–H and O–H groups in total. The molecule has 0 bridgehead atoms. The molecule has 0 aliphatic rings. The second kappa shape index (κ2) is 9.07. The zero-order chi connectivity index (χ0) is 18.9. The van der Waals surface area contributed by atoms with Crippen molar-refractivity contribution in [3.63, 3.8) is 0 Å². The van der Waals surface area contributed by atoms with Crippen LogP contribution in [-0.2, 0) is 9.59 Å². The van der Waals surface area contributed by atoms with Gasteiger partial charge in [-0.05, 0) is 35.9 Å². The van der Waals surface area contributed by atoms with Crippen molar-refractivity contribution in [1.29, 1.82) is 0 Å². The Hall–Kier alpha value is -3.55. The Morgan fingerprint density at radius 3 is 2.50 bits per heavy atom. The van der Waals surface area contributed by atoms with Crippen molar-refractivity contribution in [2.24, 2.45) is 0 Å². The van der Waals surface area contributed by atoms with Crippen molar-refractivity contribution in [2.45, 2.75) is 6.42 Å². The Balaban J connectivity index is 2.18. The first-order valence-electron chi connectivity index (χ1n) is 7.70. The maximum Gasteiger partial charge on any atom is 0.305 e. The fourth-order valence-electron chi connectivity index (χ4n) is 2.00. The molecular weight excluding hydrogens is 340 g/mol. The van der Waals surface area contributed by atoms with E-state index in [4.69, 9.17) is 14.3 Å². The van der Waals surface area contributed by atoms with Crippen molar-refractivity contribution < 1.29 is 28.6 Å². The molecule has 1 heterocycles. The number of carbonyl (C=O) groups is 3. The number of carboxylic acids is 1. The van der Waals surface area contributed by atoms with Gasteiger partial charge in [0.2, 0.25) is 0 Å². The van der Waals surface area contributed by atoms with Crippen LogP contribution in [-0.4, -0.2) is 36.5 Å². The van der Waals surface area contributed by atoms with E-state index >= 15 is 0 Å². The van der Waals surface area contributed by atoms with Gasteiger partial charge in [-0.3, -0.25) is 14.4 Å². The highest BCUT2D eigenvalue weighted by atomic mass is 16.5. The van der Waals surface area contributed by atoms with Gasteiger partial charge in [0.15, 0.2) is 5.76 Å². The van der Waals surface area contributed by atoms with Gasteiger partial charge in [0.1, 0.15) is 11.4 Å². The first-order valence-corrected chi connectivity index (χ1v) is 7.70. The second-order valence-electron chi connectivity index (χ2n) is 5.16. The van der Waals surface area contributed by atoms with Crippen LogP contribution < -0.4 is 15.4 Å². The van der Waals surface area contributed by atoms with E-state index in [0.29, 0.717) is 11.3 Å². The Kier molecular flexibility index (Phi) is 6.55. The summed E-state index contributed by atoms with van der Waals surface area (Å²) in [6, 6.07) is 9.85. The molecule has 0 aliphatic carbocycles. The van der Waals surface area contributed by atoms with Crippen LogP contribution in [0, 0.1) is 0 Å². The highest BCUT2D eigenvalue weighted by molar-refractivity contribution is 6.04. The van der Waals surface area contributed by atoms with Crippen LogP contribution in [0.1, 0.15) is 22.5 Å². The standard InChI is InChI=1S/C18H18N2O6/c1-25-13-6-4-12(5-7-13)11-14(17(23)19-9-8-16(21)22)20-18(24)15-3-2-10-26-15/h2-7,10-11H,8-9H2,1H3,(H,19,23)(H,20,24)(H,21,22)/b14-11+. The maximum absolute atomic E-state index is 12.3. The van der Waals surface area contributed by atoms with Gasteiger partial charge in [-0.15, -0.1) is 0 Å². The van der Waals surface area contributed by atoms with Crippen LogP contribution in [0.15, 0.2) is 52.8 Å². The lowest BCUT2D eigenvalue weighted by Crippen LogP contribution is -2.35. The lowest BCUT2D eigenvalue weighted by Gasteiger charge is -2.10. The second-order valence-corrected chi connectivity index (χ2v) is 5.16. The Morgan fingerprint density at radius 1 is 1.19 bits per heavy atom. The van der Waals surface area contributed by atoms with Gasteiger partial charge in [-0.2, -0.15) is 0 Å². The molecule has 1 aromatic heterocycles. The topological polar surface area (TPSA) is 118 Å². The predicted octanol–water partition coefficient (Wildman–Crippen LogP) is 1.65. The van der Waals surface area contributed by atoms with E-state index in [9.17, 15) is 14.4 Å². The quantitative estimate of drug-likeness (QED) is 0.618. The number of aliphatic carboxylic acids is 1. The number of ether oxygens (including phenoxy) is 1. The van der Waals surface area contributed by atoms with Crippen LogP contribution in [0.3, 0.4) is 0 Å². The SMILES string of the molecule is COc1ccc(/C=C(/NC(=O)c2ccco2)C(=O)NCCC(=O)O)cc1. The molecule has 0 atom stereocenters. The molecule has 2 rings (SSSR count). The number of carbonyl (C=O) groups excluding carboxylic acids is 2. The summed E-state index contributed by atoms with van der Waals surface area (Å²) >= 11 is 0. The molecule has 0 unspecified atom stereocenters. The number of methoxy groups -OCH3 is 1. The van der Waals surface area contributed by atoms with Crippen molar-refractivity contribution in [3.05, 3.63) is 59.7 Å². The fourth-order valence-corrected chi connectivity index (χ4v) is 2.00. The van der Waals surface area contributed by atoms with Gasteiger partial charge >= 0.3 is 5.97 Å². The number of benzene rings is 1. The summed E-state index contributed by atoms with van der Waals surface area (Å²) in [7, 11) is 1.54. The van der Waals surface area contributed by atoms with Gasteiger partial charge in [0.05, 0.1) is 19.8 Å². The number of hydrogen-bond acceptors (Lipinski definition) is 5. The number of hydrogen-bond donors (Lipinski definition) is 3. The highest BCUT2D eigenvalue weighted by Crippen LogP contribution is 2.14. The summed E-state index contributed by atoms with van der Waals surface area (Å²) in [5, 5.41) is 13.6. The summed E-state index contributed by atoms with van der Waals surface area (Å²) in [5.41, 5.74) is 0.607. The van der Waals surface area contributed by atoms with Crippen molar-refractivity contribution >= 4 is 23.9 Å². The predicted molar refractivity (Wildman–Crippen MR) is 92.4 cm³/mol. The molecular formula is C18H18N2O6. The van der Waals surface area contributed by atoms with E-state index in [1.54, 1.807) is 30.3 Å². The van der Waals surface area contributed by atoms with Crippen LogP contribution in [0.5, 0.6) is 5.75 Å². The summed E-state index contributed by atoms with van der Waals surface area (Å²) in [6.45, 7) is -0.0647. The zero-order valence-electron chi connectivity index (χ0n) is 14.0. The third-order valence-corrected chi connectivity index (χ3v) is 3.29. The number of furan rings is 1. The third kappa shape index (κ3) is 5.52. The van der Waals surface area contributed by atoms with E-state index in [1.807, 2.05) is 0 Å². The molecule has 0 radical (unpaired) electrons. The molecule has 0 fully saturated rings. The van der Waals surface area contributed by atoms with E-state index in [2.05, 4.69) is 10.6 Å². The average molecular weight is 358 g/mol. The van der Waals surface area contributed by atoms with Crippen molar-refractivity contribution in [3.8, 4) is 5.75 Å². The lowest BCUT2D eigenvalue weighted by atomic mass is 10.1. The minimum atomic E-state index is -1.04. The van der Waals surface area contributed by atoms with Gasteiger partial charge in [-0.1, -0.05) is 12.1 Å². The largest absolute Gasteiger partial charge is 0.497 e. The Labute approximate surface area is 149 Å². The highest BCUT2D eigenvalue weighted by Gasteiger charge is 2.16. The minimum Gasteiger partial charge on any atom is -0.497 e. The number of amides is 2. The molecule has 8 heteroatoms. The average Bonchev–Trinajstić information content (AvgIpc) is 3.16. The van der Waals surface area contributed by atoms with Crippen LogP contribution in [0.25, 0.3) is 6.08 Å². The minimum absolute atomic E-state index is 0.0399. The van der Waals surface area contributed by atoms with Crippen molar-refractivity contribution in [2.75, 3.05) is 13.7 Å². The zero-order valence-corrected chi connectivity index (χ0v) is 14.0. The number of nitrogens with one attached hydrogen (secondary N) is 2. The van der Waals surface area contributed by atoms with Crippen molar-refractivity contribution in [1.82, 2.24) is 10.6 Å². The van der Waals surface area contributed by atoms with E-state index in [-0.39, 0.29) is 24.4 Å². The van der Waals surface area contributed by atoms with Gasteiger partial charge in [0.25, 0.3) is 11.8 Å². The molecule has 1 aromatic carbocycles. The molecule has 2 amide bonds. The summed E-state index contributed by atoms with van der Waals surface area (Å²) in [5.74, 6) is -1.55. The Bertz CT molecular complexity index is 794. The molecule has 0 saturated carbocycles. The molecule has 136 valence electrons.